The zero-order valence-corrected chi connectivity index (χ0v) is 12.2. The molecule has 5 nitrogen and oxygen atoms in total. The highest BCUT2D eigenvalue weighted by Gasteiger charge is 2.08. The fourth-order valence-corrected chi connectivity index (χ4v) is 2.02. The second-order valence-corrected chi connectivity index (χ2v) is 4.61. The molecule has 0 radical (unpaired) electrons. The number of benzene rings is 1. The summed E-state index contributed by atoms with van der Waals surface area (Å²) in [5, 5.41) is 7.62. The molecule has 108 valence electrons. The standard InChI is InChI=1S/C15H21N3O2/c1-12(15-8-9-16-18(15)2)17-13-4-6-14(7-5-13)20-11-10-19-3/h4-9,12,17H,10-11H2,1-3H3. The van der Waals surface area contributed by atoms with Gasteiger partial charge in [-0.1, -0.05) is 0 Å². The van der Waals surface area contributed by atoms with E-state index in [4.69, 9.17) is 9.47 Å². The third-order valence-corrected chi connectivity index (χ3v) is 3.10. The Hall–Kier alpha value is -2.01. The molecule has 2 rings (SSSR count). The topological polar surface area (TPSA) is 48.3 Å². The van der Waals surface area contributed by atoms with E-state index in [1.165, 1.54) is 0 Å². The van der Waals surface area contributed by atoms with Crippen molar-refractivity contribution >= 4 is 5.69 Å². The molecule has 1 unspecified atom stereocenters. The first kappa shape index (κ1) is 14.4. The number of rotatable bonds is 7. The first-order valence-corrected chi connectivity index (χ1v) is 6.67. The molecule has 20 heavy (non-hydrogen) atoms. The largest absolute Gasteiger partial charge is 0.491 e. The average molecular weight is 275 g/mol. The van der Waals surface area contributed by atoms with E-state index < -0.39 is 0 Å². The van der Waals surface area contributed by atoms with Gasteiger partial charge >= 0.3 is 0 Å². The van der Waals surface area contributed by atoms with Gasteiger partial charge < -0.3 is 14.8 Å². The van der Waals surface area contributed by atoms with Crippen molar-refractivity contribution in [2.45, 2.75) is 13.0 Å². The van der Waals surface area contributed by atoms with Crippen LogP contribution in [0.4, 0.5) is 5.69 Å². The van der Waals surface area contributed by atoms with Gasteiger partial charge in [-0.05, 0) is 37.3 Å². The van der Waals surface area contributed by atoms with E-state index in [0.717, 1.165) is 17.1 Å². The van der Waals surface area contributed by atoms with E-state index in [-0.39, 0.29) is 6.04 Å². The normalized spacial score (nSPS) is 12.2. The lowest BCUT2D eigenvalue weighted by molar-refractivity contribution is 0.146. The number of hydrogen-bond acceptors (Lipinski definition) is 4. The Balaban J connectivity index is 1.92. The van der Waals surface area contributed by atoms with Crippen LogP contribution in [0.25, 0.3) is 0 Å². The molecule has 0 spiro atoms. The number of aryl methyl sites for hydroxylation is 1. The monoisotopic (exact) mass is 275 g/mol. The lowest BCUT2D eigenvalue weighted by Crippen LogP contribution is -2.11. The minimum atomic E-state index is 0.197. The number of aromatic nitrogens is 2. The predicted octanol–water partition coefficient (Wildman–Crippen LogP) is 2.62. The predicted molar refractivity (Wildman–Crippen MR) is 79.1 cm³/mol. The van der Waals surface area contributed by atoms with Gasteiger partial charge in [0.25, 0.3) is 0 Å². The van der Waals surface area contributed by atoms with Crippen molar-refractivity contribution in [1.82, 2.24) is 9.78 Å². The summed E-state index contributed by atoms with van der Waals surface area (Å²) in [7, 11) is 3.61. The quantitative estimate of drug-likeness (QED) is 0.789. The minimum absolute atomic E-state index is 0.197. The molecule has 0 aliphatic rings. The first-order chi connectivity index (χ1) is 9.70. The van der Waals surface area contributed by atoms with E-state index in [1.807, 2.05) is 42.1 Å². The summed E-state index contributed by atoms with van der Waals surface area (Å²) in [6.45, 7) is 3.27. The van der Waals surface area contributed by atoms with Gasteiger partial charge in [-0.25, -0.2) is 0 Å². The number of nitrogens with zero attached hydrogens (tertiary/aromatic N) is 2. The van der Waals surface area contributed by atoms with Crippen LogP contribution >= 0.6 is 0 Å². The Morgan fingerprint density at radius 2 is 1.95 bits per heavy atom. The van der Waals surface area contributed by atoms with Crippen molar-refractivity contribution in [3.63, 3.8) is 0 Å². The summed E-state index contributed by atoms with van der Waals surface area (Å²) in [5.74, 6) is 0.848. The Morgan fingerprint density at radius 3 is 2.55 bits per heavy atom. The molecule has 0 saturated carbocycles. The summed E-state index contributed by atoms with van der Waals surface area (Å²) in [4.78, 5) is 0. The fraction of sp³-hybridized carbons (Fsp3) is 0.400. The summed E-state index contributed by atoms with van der Waals surface area (Å²) < 4.78 is 12.4. The van der Waals surface area contributed by atoms with Crippen LogP contribution in [0.2, 0.25) is 0 Å². The maximum absolute atomic E-state index is 5.53. The van der Waals surface area contributed by atoms with Crippen molar-refractivity contribution in [1.29, 1.82) is 0 Å². The van der Waals surface area contributed by atoms with Gasteiger partial charge in [0, 0.05) is 26.0 Å². The molecule has 1 aromatic carbocycles. The van der Waals surface area contributed by atoms with Crippen molar-refractivity contribution in [3.8, 4) is 5.75 Å². The van der Waals surface area contributed by atoms with Crippen LogP contribution in [0.1, 0.15) is 18.7 Å². The molecule has 1 N–H and O–H groups in total. The number of nitrogens with one attached hydrogen (secondary N) is 1. The second kappa shape index (κ2) is 6.96. The van der Waals surface area contributed by atoms with E-state index >= 15 is 0 Å². The number of methoxy groups -OCH3 is 1. The van der Waals surface area contributed by atoms with Crippen LogP contribution in [0, 0.1) is 0 Å². The maximum atomic E-state index is 5.53. The van der Waals surface area contributed by atoms with Crippen LogP contribution in [0.15, 0.2) is 36.5 Å². The van der Waals surface area contributed by atoms with E-state index in [0.29, 0.717) is 13.2 Å². The number of ether oxygens (including phenoxy) is 2. The van der Waals surface area contributed by atoms with Gasteiger partial charge in [0.2, 0.25) is 0 Å². The molecule has 0 bridgehead atoms. The Kier molecular flexibility index (Phi) is 5.01. The van der Waals surface area contributed by atoms with Crippen molar-refractivity contribution in [3.05, 3.63) is 42.2 Å². The van der Waals surface area contributed by atoms with Crippen LogP contribution in [0.5, 0.6) is 5.75 Å². The molecule has 1 heterocycles. The van der Waals surface area contributed by atoms with E-state index in [2.05, 4.69) is 17.3 Å². The lowest BCUT2D eigenvalue weighted by Gasteiger charge is -2.16. The highest BCUT2D eigenvalue weighted by molar-refractivity contribution is 5.47. The first-order valence-electron chi connectivity index (χ1n) is 6.67. The Morgan fingerprint density at radius 1 is 1.20 bits per heavy atom. The maximum Gasteiger partial charge on any atom is 0.119 e. The van der Waals surface area contributed by atoms with Gasteiger partial charge in [0.15, 0.2) is 0 Å². The molecule has 0 amide bonds. The highest BCUT2D eigenvalue weighted by atomic mass is 16.5. The number of anilines is 1. The molecule has 1 atom stereocenters. The number of hydrogen-bond donors (Lipinski definition) is 1. The summed E-state index contributed by atoms with van der Waals surface area (Å²) >= 11 is 0. The van der Waals surface area contributed by atoms with Crippen LogP contribution in [-0.2, 0) is 11.8 Å². The molecular weight excluding hydrogens is 254 g/mol. The molecule has 0 aliphatic heterocycles. The Bertz CT molecular complexity index is 522. The fourth-order valence-electron chi connectivity index (χ4n) is 2.02. The van der Waals surface area contributed by atoms with Gasteiger partial charge in [0.05, 0.1) is 18.3 Å². The average Bonchev–Trinajstić information content (AvgIpc) is 2.87. The third kappa shape index (κ3) is 3.74. The van der Waals surface area contributed by atoms with Crippen LogP contribution < -0.4 is 10.1 Å². The molecular formula is C15H21N3O2. The zero-order chi connectivity index (χ0) is 14.4. The Labute approximate surface area is 119 Å². The third-order valence-electron chi connectivity index (χ3n) is 3.10. The van der Waals surface area contributed by atoms with Crippen LogP contribution in [-0.4, -0.2) is 30.1 Å². The van der Waals surface area contributed by atoms with Gasteiger partial charge in [-0.3, -0.25) is 4.68 Å². The highest BCUT2D eigenvalue weighted by Crippen LogP contribution is 2.21. The minimum Gasteiger partial charge on any atom is -0.491 e. The SMILES string of the molecule is COCCOc1ccc(NC(C)c2ccnn2C)cc1. The molecule has 0 fully saturated rings. The van der Waals surface area contributed by atoms with Crippen molar-refractivity contribution in [2.75, 3.05) is 25.6 Å². The molecule has 1 aromatic heterocycles. The smallest absolute Gasteiger partial charge is 0.119 e. The van der Waals surface area contributed by atoms with Crippen molar-refractivity contribution < 1.29 is 9.47 Å². The molecule has 0 aliphatic carbocycles. The summed E-state index contributed by atoms with van der Waals surface area (Å²) in [6.07, 6.45) is 1.81. The van der Waals surface area contributed by atoms with Crippen LogP contribution in [0.3, 0.4) is 0 Å². The van der Waals surface area contributed by atoms with Gasteiger partial charge in [0.1, 0.15) is 12.4 Å². The molecule has 5 heteroatoms. The lowest BCUT2D eigenvalue weighted by atomic mass is 10.2. The zero-order valence-electron chi connectivity index (χ0n) is 12.2. The molecule has 2 aromatic rings. The molecule has 0 saturated heterocycles. The van der Waals surface area contributed by atoms with Gasteiger partial charge in [-0.2, -0.15) is 5.10 Å². The second-order valence-electron chi connectivity index (χ2n) is 4.61. The summed E-state index contributed by atoms with van der Waals surface area (Å²) in [5.41, 5.74) is 2.20. The van der Waals surface area contributed by atoms with E-state index in [1.54, 1.807) is 13.3 Å². The summed E-state index contributed by atoms with van der Waals surface area (Å²) in [6, 6.07) is 10.1. The van der Waals surface area contributed by atoms with Crippen molar-refractivity contribution in [2.24, 2.45) is 7.05 Å². The van der Waals surface area contributed by atoms with E-state index in [9.17, 15) is 0 Å². The van der Waals surface area contributed by atoms with Gasteiger partial charge in [-0.15, -0.1) is 0 Å².